The number of carbonyl (C=O) groups is 1. The van der Waals surface area contributed by atoms with Gasteiger partial charge in [0.05, 0.1) is 20.3 Å². The highest BCUT2D eigenvalue weighted by atomic mass is 16.5. The van der Waals surface area contributed by atoms with E-state index in [1.54, 1.807) is 25.3 Å². The van der Waals surface area contributed by atoms with Crippen LogP contribution in [0.3, 0.4) is 0 Å². The normalized spacial score (nSPS) is 19.3. The maximum Gasteiger partial charge on any atom is 0.251 e. The first-order chi connectivity index (χ1) is 8.79. The van der Waals surface area contributed by atoms with Gasteiger partial charge in [-0.05, 0) is 18.2 Å². The quantitative estimate of drug-likeness (QED) is 0.813. The van der Waals surface area contributed by atoms with Gasteiger partial charge in [0, 0.05) is 24.7 Å². The molecule has 18 heavy (non-hydrogen) atoms. The van der Waals surface area contributed by atoms with Crippen molar-refractivity contribution in [1.29, 1.82) is 0 Å². The first kappa shape index (κ1) is 12.9. The van der Waals surface area contributed by atoms with Gasteiger partial charge < -0.3 is 20.1 Å². The van der Waals surface area contributed by atoms with Gasteiger partial charge in [0.25, 0.3) is 5.91 Å². The van der Waals surface area contributed by atoms with Crippen molar-refractivity contribution >= 4 is 5.91 Å². The SMILES string of the molecule is COc1cccc(C(=O)NCC2COCCN2)c1. The fraction of sp³-hybridized carbons (Fsp3) is 0.462. The summed E-state index contributed by atoms with van der Waals surface area (Å²) in [6, 6.07) is 7.29. The number of ether oxygens (including phenoxy) is 2. The van der Waals surface area contributed by atoms with Crippen LogP contribution in [0.5, 0.6) is 5.75 Å². The third-order valence-electron chi connectivity index (χ3n) is 2.84. The topological polar surface area (TPSA) is 59.6 Å². The van der Waals surface area contributed by atoms with E-state index in [9.17, 15) is 4.79 Å². The van der Waals surface area contributed by atoms with Crippen LogP contribution in [0.25, 0.3) is 0 Å². The van der Waals surface area contributed by atoms with Crippen molar-refractivity contribution in [2.75, 3.05) is 33.4 Å². The van der Waals surface area contributed by atoms with E-state index >= 15 is 0 Å². The van der Waals surface area contributed by atoms with Gasteiger partial charge in [-0.3, -0.25) is 4.79 Å². The van der Waals surface area contributed by atoms with Gasteiger partial charge in [0.1, 0.15) is 5.75 Å². The Morgan fingerprint density at radius 3 is 3.22 bits per heavy atom. The van der Waals surface area contributed by atoms with Crippen LogP contribution < -0.4 is 15.4 Å². The number of rotatable bonds is 4. The Kier molecular flexibility index (Phi) is 4.55. The Labute approximate surface area is 106 Å². The molecule has 1 aromatic carbocycles. The lowest BCUT2D eigenvalue weighted by Crippen LogP contribution is -2.48. The van der Waals surface area contributed by atoms with Crippen LogP contribution in [-0.4, -0.2) is 45.4 Å². The van der Waals surface area contributed by atoms with Crippen molar-refractivity contribution in [2.45, 2.75) is 6.04 Å². The average Bonchev–Trinajstić information content (AvgIpc) is 2.46. The van der Waals surface area contributed by atoms with E-state index in [1.165, 1.54) is 0 Å². The minimum Gasteiger partial charge on any atom is -0.497 e. The number of amides is 1. The lowest BCUT2D eigenvalue weighted by Gasteiger charge is -2.23. The molecular formula is C13H18N2O3. The molecule has 1 aliphatic rings. The molecule has 5 nitrogen and oxygen atoms in total. The summed E-state index contributed by atoms with van der Waals surface area (Å²) in [4.78, 5) is 11.9. The van der Waals surface area contributed by atoms with Crippen LogP contribution in [0.15, 0.2) is 24.3 Å². The highest BCUT2D eigenvalue weighted by molar-refractivity contribution is 5.94. The Bertz CT molecular complexity index is 403. The maximum atomic E-state index is 11.9. The first-order valence-electron chi connectivity index (χ1n) is 6.03. The molecule has 0 aromatic heterocycles. The molecular weight excluding hydrogens is 232 g/mol. The molecule has 0 aliphatic carbocycles. The van der Waals surface area contributed by atoms with Crippen LogP contribution >= 0.6 is 0 Å². The maximum absolute atomic E-state index is 11.9. The summed E-state index contributed by atoms with van der Waals surface area (Å²) < 4.78 is 10.4. The van der Waals surface area contributed by atoms with E-state index in [4.69, 9.17) is 9.47 Å². The number of nitrogens with one attached hydrogen (secondary N) is 2. The fourth-order valence-corrected chi connectivity index (χ4v) is 1.83. The largest absolute Gasteiger partial charge is 0.497 e. The average molecular weight is 250 g/mol. The van der Waals surface area contributed by atoms with Crippen molar-refractivity contribution in [2.24, 2.45) is 0 Å². The molecule has 1 fully saturated rings. The van der Waals surface area contributed by atoms with Crippen LogP contribution in [0.2, 0.25) is 0 Å². The molecule has 1 heterocycles. The summed E-state index contributed by atoms with van der Waals surface area (Å²) in [5, 5.41) is 6.17. The molecule has 2 N–H and O–H groups in total. The van der Waals surface area contributed by atoms with Crippen molar-refractivity contribution in [3.8, 4) is 5.75 Å². The lowest BCUT2D eigenvalue weighted by molar-refractivity contribution is 0.0734. The molecule has 1 aliphatic heterocycles. The molecule has 1 atom stereocenters. The van der Waals surface area contributed by atoms with Gasteiger partial charge in [0.15, 0.2) is 0 Å². The first-order valence-corrected chi connectivity index (χ1v) is 6.03. The van der Waals surface area contributed by atoms with E-state index < -0.39 is 0 Å². The third kappa shape index (κ3) is 3.45. The van der Waals surface area contributed by atoms with Crippen LogP contribution in [0.4, 0.5) is 0 Å². The van der Waals surface area contributed by atoms with Gasteiger partial charge in [-0.2, -0.15) is 0 Å². The van der Waals surface area contributed by atoms with E-state index in [1.807, 2.05) is 6.07 Å². The summed E-state index contributed by atoms with van der Waals surface area (Å²) in [5.41, 5.74) is 0.603. The predicted octanol–water partition coefficient (Wildman–Crippen LogP) is 0.413. The van der Waals surface area contributed by atoms with Gasteiger partial charge in [-0.25, -0.2) is 0 Å². The Balaban J connectivity index is 1.86. The van der Waals surface area contributed by atoms with Gasteiger partial charge >= 0.3 is 0 Å². The summed E-state index contributed by atoms with van der Waals surface area (Å²) >= 11 is 0. The van der Waals surface area contributed by atoms with Crippen molar-refractivity contribution in [3.63, 3.8) is 0 Å². The molecule has 1 saturated heterocycles. The monoisotopic (exact) mass is 250 g/mol. The highest BCUT2D eigenvalue weighted by Gasteiger charge is 2.14. The smallest absolute Gasteiger partial charge is 0.251 e. The zero-order valence-corrected chi connectivity index (χ0v) is 10.4. The molecule has 1 unspecified atom stereocenters. The summed E-state index contributed by atoms with van der Waals surface area (Å²) in [6.45, 7) is 2.77. The number of hydrogen-bond donors (Lipinski definition) is 2. The Morgan fingerprint density at radius 2 is 2.50 bits per heavy atom. The number of methoxy groups -OCH3 is 1. The van der Waals surface area contributed by atoms with Crippen molar-refractivity contribution < 1.29 is 14.3 Å². The standard InChI is InChI=1S/C13H18N2O3/c1-17-12-4-2-3-10(7-12)13(16)15-8-11-9-18-6-5-14-11/h2-4,7,11,14H,5-6,8-9H2,1H3,(H,15,16). The number of benzene rings is 1. The van der Waals surface area contributed by atoms with Gasteiger partial charge in [0.2, 0.25) is 0 Å². The minimum atomic E-state index is -0.0960. The molecule has 98 valence electrons. The minimum absolute atomic E-state index is 0.0960. The van der Waals surface area contributed by atoms with Crippen LogP contribution in [0, 0.1) is 0 Å². The Morgan fingerprint density at radius 1 is 1.61 bits per heavy atom. The number of carbonyl (C=O) groups excluding carboxylic acids is 1. The predicted molar refractivity (Wildman–Crippen MR) is 67.9 cm³/mol. The molecule has 0 radical (unpaired) electrons. The van der Waals surface area contributed by atoms with Gasteiger partial charge in [-0.1, -0.05) is 6.07 Å². The molecule has 0 bridgehead atoms. The summed E-state index contributed by atoms with van der Waals surface area (Å²) in [7, 11) is 1.58. The number of hydrogen-bond acceptors (Lipinski definition) is 4. The molecule has 0 saturated carbocycles. The molecule has 1 aromatic rings. The molecule has 1 amide bonds. The van der Waals surface area contributed by atoms with E-state index in [-0.39, 0.29) is 11.9 Å². The fourth-order valence-electron chi connectivity index (χ4n) is 1.83. The summed E-state index contributed by atoms with van der Waals surface area (Å²) in [6.07, 6.45) is 0. The molecule has 2 rings (SSSR count). The second kappa shape index (κ2) is 6.37. The second-order valence-corrected chi connectivity index (χ2v) is 4.17. The molecule has 5 heteroatoms. The number of morpholine rings is 1. The Hall–Kier alpha value is -1.59. The zero-order chi connectivity index (χ0) is 12.8. The summed E-state index contributed by atoms with van der Waals surface area (Å²) in [5.74, 6) is 0.586. The highest BCUT2D eigenvalue weighted by Crippen LogP contribution is 2.12. The molecule has 0 spiro atoms. The van der Waals surface area contributed by atoms with E-state index in [0.717, 1.165) is 13.2 Å². The zero-order valence-electron chi connectivity index (χ0n) is 10.4. The van der Waals surface area contributed by atoms with Crippen LogP contribution in [-0.2, 0) is 4.74 Å². The van der Waals surface area contributed by atoms with E-state index in [0.29, 0.717) is 24.5 Å². The second-order valence-electron chi connectivity index (χ2n) is 4.17. The van der Waals surface area contributed by atoms with Crippen LogP contribution in [0.1, 0.15) is 10.4 Å². The third-order valence-corrected chi connectivity index (χ3v) is 2.84. The van der Waals surface area contributed by atoms with Crippen molar-refractivity contribution in [3.05, 3.63) is 29.8 Å². The van der Waals surface area contributed by atoms with Gasteiger partial charge in [-0.15, -0.1) is 0 Å². The van der Waals surface area contributed by atoms with Crippen molar-refractivity contribution in [1.82, 2.24) is 10.6 Å². The lowest BCUT2D eigenvalue weighted by atomic mass is 10.2. The van der Waals surface area contributed by atoms with E-state index in [2.05, 4.69) is 10.6 Å².